The summed E-state index contributed by atoms with van der Waals surface area (Å²) in [6, 6.07) is 10.0. The average Bonchev–Trinajstić information content (AvgIpc) is 2.72. The minimum atomic E-state index is 0. The quantitative estimate of drug-likeness (QED) is 0.364. The van der Waals surface area contributed by atoms with Gasteiger partial charge in [-0.05, 0) is 32.2 Å². The van der Waals surface area contributed by atoms with Crippen LogP contribution in [-0.2, 0) is 13.1 Å². The number of hydrogen-bond acceptors (Lipinski definition) is 5. The van der Waals surface area contributed by atoms with Crippen LogP contribution in [0.1, 0.15) is 18.2 Å². The Hall–Kier alpha value is -1.94. The Morgan fingerprint density at radius 3 is 2.54 bits per heavy atom. The highest BCUT2D eigenvalue weighted by atomic mass is 127. The van der Waals surface area contributed by atoms with Crippen molar-refractivity contribution in [3.63, 3.8) is 0 Å². The number of aliphatic imine (C=N–C) groups is 1. The van der Waals surface area contributed by atoms with Crippen LogP contribution in [0.4, 0.5) is 5.82 Å². The van der Waals surface area contributed by atoms with E-state index in [-0.39, 0.29) is 24.0 Å². The number of halogens is 1. The minimum absolute atomic E-state index is 0. The number of likely N-dealkylation sites (N-methyl/N-ethyl adjacent to an activating group) is 1. The third-order valence-electron chi connectivity index (χ3n) is 4.59. The second kappa shape index (κ2) is 11.8. The topological polar surface area (TPSA) is 68.7 Å². The monoisotopic (exact) mass is 495 g/mol. The molecule has 1 aliphatic rings. The molecule has 3 rings (SSSR count). The Morgan fingerprint density at radius 2 is 1.82 bits per heavy atom. The molecular weight excluding hydrogens is 465 g/mol. The lowest BCUT2D eigenvalue weighted by atomic mass is 10.2. The molecule has 0 aliphatic carbocycles. The molecule has 0 unspecified atom stereocenters. The molecule has 0 bridgehead atoms. The van der Waals surface area contributed by atoms with Gasteiger partial charge in [0.25, 0.3) is 0 Å². The maximum atomic E-state index is 4.76. The molecule has 2 N–H and O–H groups in total. The average molecular weight is 495 g/mol. The highest BCUT2D eigenvalue weighted by Gasteiger charge is 2.17. The molecule has 1 fully saturated rings. The van der Waals surface area contributed by atoms with Gasteiger partial charge in [0.2, 0.25) is 0 Å². The van der Waals surface area contributed by atoms with Crippen molar-refractivity contribution in [1.82, 2.24) is 25.5 Å². The van der Waals surface area contributed by atoms with Crippen molar-refractivity contribution < 1.29 is 0 Å². The van der Waals surface area contributed by atoms with E-state index in [1.165, 1.54) is 0 Å². The maximum Gasteiger partial charge on any atom is 0.191 e. The molecule has 2 aromatic rings. The van der Waals surface area contributed by atoms with Gasteiger partial charge < -0.3 is 20.4 Å². The molecule has 152 valence electrons. The van der Waals surface area contributed by atoms with E-state index in [0.29, 0.717) is 13.1 Å². The zero-order valence-electron chi connectivity index (χ0n) is 16.6. The first kappa shape index (κ1) is 22.4. The molecule has 1 aliphatic heterocycles. The predicted molar refractivity (Wildman–Crippen MR) is 125 cm³/mol. The van der Waals surface area contributed by atoms with Crippen molar-refractivity contribution in [2.75, 3.05) is 44.7 Å². The van der Waals surface area contributed by atoms with Gasteiger partial charge in [0.1, 0.15) is 5.82 Å². The smallest absolute Gasteiger partial charge is 0.191 e. The van der Waals surface area contributed by atoms with Gasteiger partial charge in [-0.2, -0.15) is 0 Å². The second-order valence-corrected chi connectivity index (χ2v) is 6.65. The van der Waals surface area contributed by atoms with Gasteiger partial charge >= 0.3 is 0 Å². The normalized spacial score (nSPS) is 15.1. The van der Waals surface area contributed by atoms with E-state index >= 15 is 0 Å². The molecule has 0 amide bonds. The number of rotatable bonds is 6. The van der Waals surface area contributed by atoms with Crippen LogP contribution < -0.4 is 15.5 Å². The van der Waals surface area contributed by atoms with Crippen LogP contribution in [0.25, 0.3) is 0 Å². The van der Waals surface area contributed by atoms with Crippen molar-refractivity contribution in [2.24, 2.45) is 4.99 Å². The van der Waals surface area contributed by atoms with Crippen LogP contribution in [-0.4, -0.2) is 60.6 Å². The molecule has 28 heavy (non-hydrogen) atoms. The first-order chi connectivity index (χ1) is 13.3. The zero-order chi connectivity index (χ0) is 18.9. The van der Waals surface area contributed by atoms with Gasteiger partial charge in [0.15, 0.2) is 5.96 Å². The summed E-state index contributed by atoms with van der Waals surface area (Å²) in [5.41, 5.74) is 2.14. The zero-order valence-corrected chi connectivity index (χ0v) is 19.0. The van der Waals surface area contributed by atoms with Crippen LogP contribution in [0.15, 0.2) is 47.7 Å². The minimum Gasteiger partial charge on any atom is -0.357 e. The molecule has 0 aromatic carbocycles. The lowest BCUT2D eigenvalue weighted by Gasteiger charge is -2.34. The van der Waals surface area contributed by atoms with Gasteiger partial charge in [-0.3, -0.25) is 4.98 Å². The van der Waals surface area contributed by atoms with Crippen LogP contribution >= 0.6 is 24.0 Å². The number of hydrogen-bond donors (Lipinski definition) is 2. The number of guanidine groups is 1. The third-order valence-corrected chi connectivity index (χ3v) is 4.59. The number of aromatic nitrogens is 2. The van der Waals surface area contributed by atoms with E-state index in [4.69, 9.17) is 4.99 Å². The highest BCUT2D eigenvalue weighted by molar-refractivity contribution is 14.0. The number of piperazine rings is 1. The summed E-state index contributed by atoms with van der Waals surface area (Å²) in [4.78, 5) is 18.4. The fraction of sp³-hybridized carbons (Fsp3) is 0.450. The fourth-order valence-electron chi connectivity index (χ4n) is 3.04. The number of pyridine rings is 2. The highest BCUT2D eigenvalue weighted by Crippen LogP contribution is 2.19. The van der Waals surface area contributed by atoms with E-state index in [1.54, 1.807) is 6.20 Å². The summed E-state index contributed by atoms with van der Waals surface area (Å²) in [7, 11) is 2.16. The summed E-state index contributed by atoms with van der Waals surface area (Å²) >= 11 is 0. The van der Waals surface area contributed by atoms with Crippen LogP contribution in [0.2, 0.25) is 0 Å². The SMILES string of the molecule is CCNC(=NCc1cccnc1N1CCN(C)CC1)NCc1ccccn1.I. The summed E-state index contributed by atoms with van der Waals surface area (Å²) in [6.07, 6.45) is 3.67. The summed E-state index contributed by atoms with van der Waals surface area (Å²) in [5.74, 6) is 1.84. The predicted octanol–water partition coefficient (Wildman–Crippen LogP) is 2.10. The van der Waals surface area contributed by atoms with Gasteiger partial charge in [-0.15, -0.1) is 24.0 Å². The number of anilines is 1. The lowest BCUT2D eigenvalue weighted by Crippen LogP contribution is -2.45. The van der Waals surface area contributed by atoms with Crippen molar-refractivity contribution in [3.8, 4) is 0 Å². The van der Waals surface area contributed by atoms with E-state index in [9.17, 15) is 0 Å². The molecule has 8 heteroatoms. The van der Waals surface area contributed by atoms with Gasteiger partial charge in [-0.25, -0.2) is 9.98 Å². The largest absolute Gasteiger partial charge is 0.357 e. The maximum absolute atomic E-state index is 4.76. The Balaban J connectivity index is 0.00000280. The molecule has 0 saturated carbocycles. The Labute approximate surface area is 184 Å². The second-order valence-electron chi connectivity index (χ2n) is 6.65. The van der Waals surface area contributed by atoms with Gasteiger partial charge in [-0.1, -0.05) is 12.1 Å². The van der Waals surface area contributed by atoms with E-state index in [1.807, 2.05) is 30.5 Å². The number of nitrogens with zero attached hydrogens (tertiary/aromatic N) is 5. The summed E-state index contributed by atoms with van der Waals surface area (Å²) < 4.78 is 0. The molecular formula is C20H30IN7. The van der Waals surface area contributed by atoms with E-state index in [0.717, 1.165) is 55.8 Å². The van der Waals surface area contributed by atoms with Gasteiger partial charge in [0.05, 0.1) is 18.8 Å². The Morgan fingerprint density at radius 1 is 1.04 bits per heavy atom. The van der Waals surface area contributed by atoms with Crippen LogP contribution in [0.3, 0.4) is 0 Å². The fourth-order valence-corrected chi connectivity index (χ4v) is 3.04. The molecule has 0 atom stereocenters. The summed E-state index contributed by atoms with van der Waals surface area (Å²) in [6.45, 7) is 8.24. The molecule has 1 saturated heterocycles. The Kier molecular flexibility index (Phi) is 9.42. The summed E-state index contributed by atoms with van der Waals surface area (Å²) in [5, 5.41) is 6.65. The van der Waals surface area contributed by atoms with Crippen LogP contribution in [0, 0.1) is 0 Å². The Bertz CT molecular complexity index is 730. The van der Waals surface area contributed by atoms with E-state index < -0.39 is 0 Å². The molecule has 3 heterocycles. The van der Waals surface area contributed by atoms with Crippen molar-refractivity contribution >= 4 is 35.8 Å². The molecule has 2 aromatic heterocycles. The van der Waals surface area contributed by atoms with E-state index in [2.05, 4.69) is 50.4 Å². The molecule has 0 radical (unpaired) electrons. The number of nitrogens with one attached hydrogen (secondary N) is 2. The van der Waals surface area contributed by atoms with Crippen LogP contribution in [0.5, 0.6) is 0 Å². The van der Waals surface area contributed by atoms with Crippen molar-refractivity contribution in [2.45, 2.75) is 20.0 Å². The standard InChI is InChI=1S/C20H29N7.HI/c1-3-21-20(25-16-18-8-4-5-9-22-18)24-15-17-7-6-10-23-19(17)27-13-11-26(2)12-14-27;/h4-10H,3,11-16H2,1-2H3,(H2,21,24,25);1H. The first-order valence-electron chi connectivity index (χ1n) is 9.55. The third kappa shape index (κ3) is 6.59. The van der Waals surface area contributed by atoms with Gasteiger partial charge in [0, 0.05) is 50.7 Å². The first-order valence-corrected chi connectivity index (χ1v) is 9.55. The van der Waals surface area contributed by atoms with Crippen molar-refractivity contribution in [3.05, 3.63) is 54.0 Å². The molecule has 7 nitrogen and oxygen atoms in total. The lowest BCUT2D eigenvalue weighted by molar-refractivity contribution is 0.312. The van der Waals surface area contributed by atoms with Crippen molar-refractivity contribution in [1.29, 1.82) is 0 Å². The molecule has 0 spiro atoms.